The van der Waals surface area contributed by atoms with Gasteiger partial charge in [0.25, 0.3) is 0 Å². The Morgan fingerprint density at radius 2 is 1.66 bits per heavy atom. The van der Waals surface area contributed by atoms with Crippen LogP contribution in [-0.4, -0.2) is 38.3 Å². The maximum atomic E-state index is 13.3. The summed E-state index contributed by atoms with van der Waals surface area (Å²) in [5, 5.41) is 3.84. The molecule has 0 spiro atoms. The van der Waals surface area contributed by atoms with E-state index in [0.717, 1.165) is 5.56 Å². The molecule has 1 aromatic heterocycles. The summed E-state index contributed by atoms with van der Waals surface area (Å²) in [6.07, 6.45) is 3.69. The van der Waals surface area contributed by atoms with Crippen LogP contribution in [-0.2, 0) is 19.4 Å². The van der Waals surface area contributed by atoms with Crippen molar-refractivity contribution in [1.29, 1.82) is 0 Å². The van der Waals surface area contributed by atoms with Crippen molar-refractivity contribution in [3.05, 3.63) is 59.9 Å². The molecule has 2 amide bonds. The topological polar surface area (TPSA) is 105 Å². The fourth-order valence-electron chi connectivity index (χ4n) is 2.76. The molecule has 0 fully saturated rings. The van der Waals surface area contributed by atoms with Crippen molar-refractivity contribution < 1.29 is 18.0 Å². The van der Waals surface area contributed by atoms with Crippen LogP contribution in [0.15, 0.2) is 53.7 Å². The fourth-order valence-corrected chi connectivity index (χ4v) is 4.41. The number of aromatic nitrogens is 1. The Morgan fingerprint density at radius 3 is 2.21 bits per heavy atom. The van der Waals surface area contributed by atoms with Gasteiger partial charge in [-0.15, -0.1) is 0 Å². The first kappa shape index (κ1) is 22.5. The minimum absolute atomic E-state index is 0.153. The molecule has 2 N–H and O–H groups in total. The number of carbonyl (C=O) groups is 2. The van der Waals surface area contributed by atoms with Crippen LogP contribution in [0.2, 0.25) is 0 Å². The van der Waals surface area contributed by atoms with E-state index in [-0.39, 0.29) is 17.4 Å². The summed E-state index contributed by atoms with van der Waals surface area (Å²) in [5.74, 6) is -1.37. The van der Waals surface area contributed by atoms with E-state index in [0.29, 0.717) is 18.5 Å². The second kappa shape index (κ2) is 10.2. The SMILES string of the molecule is CCCNC(=O)C(=O)NC[C@H](c1cccnc1)S(=O)(=O)c1ccc(C(C)C)cc1. The van der Waals surface area contributed by atoms with Gasteiger partial charge in [0.2, 0.25) is 0 Å². The second-order valence-corrected chi connectivity index (χ2v) is 9.14. The van der Waals surface area contributed by atoms with Gasteiger partial charge in [0.05, 0.1) is 4.90 Å². The van der Waals surface area contributed by atoms with Gasteiger partial charge in [-0.3, -0.25) is 14.6 Å². The molecule has 0 unspecified atom stereocenters. The second-order valence-electron chi connectivity index (χ2n) is 7.01. The number of nitrogens with one attached hydrogen (secondary N) is 2. The molecule has 0 radical (unpaired) electrons. The quantitative estimate of drug-likeness (QED) is 0.642. The Balaban J connectivity index is 2.28. The van der Waals surface area contributed by atoms with Crippen molar-refractivity contribution in [1.82, 2.24) is 15.6 Å². The van der Waals surface area contributed by atoms with Crippen molar-refractivity contribution >= 4 is 21.7 Å². The summed E-state index contributed by atoms with van der Waals surface area (Å²) in [7, 11) is -3.82. The van der Waals surface area contributed by atoms with E-state index in [4.69, 9.17) is 0 Å². The largest absolute Gasteiger partial charge is 0.348 e. The summed E-state index contributed by atoms with van der Waals surface area (Å²) in [5.41, 5.74) is 1.47. The predicted molar refractivity (Wildman–Crippen MR) is 111 cm³/mol. The van der Waals surface area contributed by atoms with Crippen LogP contribution in [0.1, 0.15) is 49.5 Å². The van der Waals surface area contributed by atoms with Gasteiger partial charge in [-0.1, -0.05) is 39.0 Å². The molecule has 156 valence electrons. The van der Waals surface area contributed by atoms with Gasteiger partial charge >= 0.3 is 11.8 Å². The molecule has 1 heterocycles. The Morgan fingerprint density at radius 1 is 1.00 bits per heavy atom. The van der Waals surface area contributed by atoms with Gasteiger partial charge in [-0.25, -0.2) is 8.42 Å². The molecule has 0 saturated heterocycles. The highest BCUT2D eigenvalue weighted by Crippen LogP contribution is 2.29. The summed E-state index contributed by atoms with van der Waals surface area (Å²) >= 11 is 0. The zero-order valence-electron chi connectivity index (χ0n) is 16.9. The smallest absolute Gasteiger partial charge is 0.309 e. The van der Waals surface area contributed by atoms with Gasteiger partial charge in [-0.2, -0.15) is 0 Å². The molecule has 0 bridgehead atoms. The van der Waals surface area contributed by atoms with Crippen molar-refractivity contribution in [3.63, 3.8) is 0 Å². The average molecular weight is 418 g/mol. The molecule has 0 aliphatic rings. The fraction of sp³-hybridized carbons (Fsp3) is 0.381. The van der Waals surface area contributed by atoms with Crippen LogP contribution in [0.3, 0.4) is 0 Å². The van der Waals surface area contributed by atoms with Crippen molar-refractivity contribution in [3.8, 4) is 0 Å². The van der Waals surface area contributed by atoms with E-state index in [9.17, 15) is 18.0 Å². The lowest BCUT2D eigenvalue weighted by Crippen LogP contribution is -2.42. The minimum atomic E-state index is -3.82. The van der Waals surface area contributed by atoms with Crippen LogP contribution in [0.4, 0.5) is 0 Å². The lowest BCUT2D eigenvalue weighted by atomic mass is 10.0. The Hall–Kier alpha value is -2.74. The maximum absolute atomic E-state index is 13.3. The molecule has 2 rings (SSSR count). The van der Waals surface area contributed by atoms with Gasteiger partial charge in [-0.05, 0) is 41.7 Å². The number of amides is 2. The number of carbonyl (C=O) groups excluding carboxylic acids is 2. The molecule has 1 aromatic carbocycles. The summed E-state index contributed by atoms with van der Waals surface area (Å²) in [6, 6.07) is 9.99. The number of nitrogens with zero attached hydrogens (tertiary/aromatic N) is 1. The van der Waals surface area contributed by atoms with Gasteiger partial charge in [0.1, 0.15) is 5.25 Å². The average Bonchev–Trinajstić information content (AvgIpc) is 2.72. The zero-order chi connectivity index (χ0) is 21.4. The highest BCUT2D eigenvalue weighted by Gasteiger charge is 2.30. The number of sulfone groups is 1. The normalized spacial score (nSPS) is 12.4. The number of hydrogen-bond acceptors (Lipinski definition) is 5. The molecule has 29 heavy (non-hydrogen) atoms. The van der Waals surface area contributed by atoms with Crippen LogP contribution in [0, 0.1) is 0 Å². The molecule has 0 saturated carbocycles. The Kier molecular flexibility index (Phi) is 7.90. The molecule has 1 atom stereocenters. The molecule has 0 aliphatic carbocycles. The van der Waals surface area contributed by atoms with Crippen molar-refractivity contribution in [2.75, 3.05) is 13.1 Å². The molecule has 0 aliphatic heterocycles. The van der Waals surface area contributed by atoms with E-state index in [1.807, 2.05) is 20.8 Å². The van der Waals surface area contributed by atoms with Gasteiger partial charge in [0, 0.05) is 25.5 Å². The van der Waals surface area contributed by atoms with Crippen LogP contribution in [0.5, 0.6) is 0 Å². The van der Waals surface area contributed by atoms with Crippen LogP contribution in [0.25, 0.3) is 0 Å². The lowest BCUT2D eigenvalue weighted by Gasteiger charge is -2.19. The number of rotatable bonds is 8. The summed E-state index contributed by atoms with van der Waals surface area (Å²) in [6.45, 7) is 6.06. The first-order valence-corrected chi connectivity index (χ1v) is 11.1. The highest BCUT2D eigenvalue weighted by atomic mass is 32.2. The Labute approximate surface area is 171 Å². The maximum Gasteiger partial charge on any atom is 0.309 e. The predicted octanol–water partition coefficient (Wildman–Crippen LogP) is 2.36. The van der Waals surface area contributed by atoms with E-state index >= 15 is 0 Å². The number of pyridine rings is 1. The molecule has 8 heteroatoms. The molecule has 2 aromatic rings. The first-order valence-electron chi connectivity index (χ1n) is 9.57. The van der Waals surface area contributed by atoms with Crippen LogP contribution >= 0.6 is 0 Å². The van der Waals surface area contributed by atoms with Gasteiger partial charge < -0.3 is 10.6 Å². The lowest BCUT2D eigenvalue weighted by molar-refractivity contribution is -0.139. The van der Waals surface area contributed by atoms with Gasteiger partial charge in [0.15, 0.2) is 9.84 Å². The third-order valence-electron chi connectivity index (χ3n) is 4.50. The van der Waals surface area contributed by atoms with E-state index < -0.39 is 26.9 Å². The molecular formula is C21H27N3O4S. The van der Waals surface area contributed by atoms with E-state index in [2.05, 4.69) is 15.6 Å². The van der Waals surface area contributed by atoms with E-state index in [1.54, 1.807) is 42.6 Å². The highest BCUT2D eigenvalue weighted by molar-refractivity contribution is 7.91. The monoisotopic (exact) mass is 417 g/mol. The van der Waals surface area contributed by atoms with Crippen molar-refractivity contribution in [2.24, 2.45) is 0 Å². The summed E-state index contributed by atoms with van der Waals surface area (Å²) in [4.78, 5) is 28.0. The Bertz CT molecular complexity index is 926. The molecule has 7 nitrogen and oxygen atoms in total. The molecular weight excluding hydrogens is 390 g/mol. The minimum Gasteiger partial charge on any atom is -0.348 e. The van der Waals surface area contributed by atoms with E-state index in [1.165, 1.54) is 6.20 Å². The zero-order valence-corrected chi connectivity index (χ0v) is 17.7. The summed E-state index contributed by atoms with van der Waals surface area (Å²) < 4.78 is 26.6. The number of hydrogen-bond donors (Lipinski definition) is 2. The first-order chi connectivity index (χ1) is 13.8. The standard InChI is InChI=1S/C21H27N3O4S/c1-4-11-23-20(25)21(26)24-14-19(17-6-5-12-22-13-17)29(27,28)18-9-7-16(8-10-18)15(2)3/h5-10,12-13,15,19H,4,11,14H2,1-3H3,(H,23,25)(H,24,26)/t19-/m1/s1. The third kappa shape index (κ3) is 5.87. The number of benzene rings is 1. The van der Waals surface area contributed by atoms with Crippen molar-refractivity contribution in [2.45, 2.75) is 43.3 Å². The third-order valence-corrected chi connectivity index (χ3v) is 6.61. The van der Waals surface area contributed by atoms with Crippen LogP contribution < -0.4 is 10.6 Å².